The Bertz CT molecular complexity index is 1400. The summed E-state index contributed by atoms with van der Waals surface area (Å²) in [5, 5.41) is 8.77. The zero-order valence-corrected chi connectivity index (χ0v) is 18.4. The van der Waals surface area contributed by atoms with Crippen LogP contribution in [0.15, 0.2) is 62.5 Å². The van der Waals surface area contributed by atoms with Gasteiger partial charge in [0.2, 0.25) is 5.91 Å². The summed E-state index contributed by atoms with van der Waals surface area (Å²) in [6, 6.07) is 14.3. The van der Waals surface area contributed by atoms with Crippen molar-refractivity contribution in [3.05, 3.63) is 75.1 Å². The topological polar surface area (TPSA) is 99.1 Å². The van der Waals surface area contributed by atoms with E-state index in [4.69, 9.17) is 4.42 Å². The number of carbonyl (C=O) groups excluding carboxylic acids is 1. The van der Waals surface area contributed by atoms with E-state index in [0.717, 1.165) is 5.39 Å². The molecule has 0 fully saturated rings. The molecule has 4 aromatic rings. The molecule has 32 heavy (non-hydrogen) atoms. The van der Waals surface area contributed by atoms with E-state index in [1.165, 1.54) is 4.68 Å². The second-order valence-electron chi connectivity index (χ2n) is 8.29. The minimum Gasteiger partial charge on any atom is -0.408 e. The number of nitrogens with one attached hydrogen (secondary N) is 1. The van der Waals surface area contributed by atoms with Gasteiger partial charge in [-0.05, 0) is 24.1 Å². The number of oxazole rings is 1. The number of hydrogen-bond acceptors (Lipinski definition) is 5. The van der Waals surface area contributed by atoms with Crippen molar-refractivity contribution in [1.29, 1.82) is 0 Å². The van der Waals surface area contributed by atoms with Crippen LogP contribution < -0.4 is 16.6 Å². The molecule has 0 spiro atoms. The normalized spacial score (nSPS) is 12.5. The maximum Gasteiger partial charge on any atom is 0.420 e. The van der Waals surface area contributed by atoms with Crippen LogP contribution in [-0.2, 0) is 24.8 Å². The van der Waals surface area contributed by atoms with Crippen LogP contribution in [0.1, 0.15) is 26.0 Å². The Morgan fingerprint density at radius 1 is 1.06 bits per heavy atom. The molecule has 0 aliphatic rings. The second-order valence-corrected chi connectivity index (χ2v) is 8.29. The van der Waals surface area contributed by atoms with Crippen molar-refractivity contribution in [3.8, 4) is 0 Å². The fourth-order valence-electron chi connectivity index (χ4n) is 3.88. The zero-order chi connectivity index (χ0) is 22.8. The molecule has 0 aliphatic carbocycles. The largest absolute Gasteiger partial charge is 0.420 e. The third kappa shape index (κ3) is 4.21. The number of benzene rings is 2. The fourth-order valence-corrected chi connectivity index (χ4v) is 3.88. The maximum atomic E-state index is 12.8. The lowest BCUT2D eigenvalue weighted by Crippen LogP contribution is -2.43. The minimum atomic E-state index is -0.438. The Hall–Kier alpha value is -3.68. The molecule has 4 rings (SSSR count). The highest BCUT2D eigenvalue weighted by atomic mass is 16.4. The molecule has 0 radical (unpaired) electrons. The molecule has 166 valence electrons. The Balaban J connectivity index is 1.49. The average molecular weight is 434 g/mol. The van der Waals surface area contributed by atoms with Gasteiger partial charge in [0.25, 0.3) is 5.56 Å². The van der Waals surface area contributed by atoms with Crippen molar-refractivity contribution in [3.63, 3.8) is 0 Å². The number of nitrogens with zero attached hydrogens (tertiary/aromatic N) is 3. The highest BCUT2D eigenvalue weighted by Gasteiger charge is 2.20. The van der Waals surface area contributed by atoms with E-state index in [9.17, 15) is 14.4 Å². The lowest BCUT2D eigenvalue weighted by molar-refractivity contribution is -0.122. The van der Waals surface area contributed by atoms with Crippen LogP contribution in [0.2, 0.25) is 0 Å². The standard InChI is InChI=1S/C24H26N4O4/c1-15(2)19(14-28-20-10-6-7-11-21(20)32-24(28)31)25-22(29)13-12-18-16-8-4-5-9-17(16)23(30)27(3)26-18/h4-11,15,19H,12-14H2,1-3H3,(H,25,29)/t19-/m0/s1. The smallest absolute Gasteiger partial charge is 0.408 e. The van der Waals surface area contributed by atoms with Gasteiger partial charge in [-0.1, -0.05) is 44.2 Å². The molecule has 8 heteroatoms. The molecule has 0 aliphatic heterocycles. The Morgan fingerprint density at radius 3 is 2.50 bits per heavy atom. The summed E-state index contributed by atoms with van der Waals surface area (Å²) in [7, 11) is 1.61. The summed E-state index contributed by atoms with van der Waals surface area (Å²) in [4.78, 5) is 37.4. The van der Waals surface area contributed by atoms with Crippen LogP contribution in [0.25, 0.3) is 21.9 Å². The molecule has 2 heterocycles. The van der Waals surface area contributed by atoms with E-state index in [2.05, 4.69) is 10.4 Å². The van der Waals surface area contributed by atoms with E-state index in [1.807, 2.05) is 50.2 Å². The zero-order valence-electron chi connectivity index (χ0n) is 18.4. The minimum absolute atomic E-state index is 0.107. The summed E-state index contributed by atoms with van der Waals surface area (Å²) in [5.74, 6) is -0.465. The van der Waals surface area contributed by atoms with Gasteiger partial charge in [0.15, 0.2) is 5.58 Å². The van der Waals surface area contributed by atoms with Crippen LogP contribution >= 0.6 is 0 Å². The van der Waals surface area contributed by atoms with Crippen LogP contribution in [0, 0.1) is 5.92 Å². The summed E-state index contributed by atoms with van der Waals surface area (Å²) in [6.07, 6.45) is 0.624. The summed E-state index contributed by atoms with van der Waals surface area (Å²) in [5.41, 5.74) is 1.78. The molecule has 0 saturated carbocycles. The summed E-state index contributed by atoms with van der Waals surface area (Å²) >= 11 is 0. The van der Waals surface area contributed by atoms with Gasteiger partial charge in [0, 0.05) is 37.9 Å². The van der Waals surface area contributed by atoms with E-state index in [1.54, 1.807) is 23.7 Å². The van der Waals surface area contributed by atoms with Gasteiger partial charge in [0.05, 0.1) is 16.6 Å². The number of carbonyl (C=O) groups is 1. The first-order valence-corrected chi connectivity index (χ1v) is 10.7. The number of hydrogen-bond donors (Lipinski definition) is 1. The molecule has 1 amide bonds. The first-order chi connectivity index (χ1) is 15.3. The van der Waals surface area contributed by atoms with E-state index in [-0.39, 0.29) is 29.8 Å². The quantitative estimate of drug-likeness (QED) is 0.482. The fraction of sp³-hybridized carbons (Fsp3) is 0.333. The Morgan fingerprint density at radius 2 is 1.75 bits per heavy atom. The molecule has 2 aromatic heterocycles. The van der Waals surface area contributed by atoms with Crippen LogP contribution in [0.5, 0.6) is 0 Å². The first-order valence-electron chi connectivity index (χ1n) is 10.7. The third-order valence-electron chi connectivity index (χ3n) is 5.73. The third-order valence-corrected chi connectivity index (χ3v) is 5.73. The van der Waals surface area contributed by atoms with Gasteiger partial charge in [-0.3, -0.25) is 14.2 Å². The molecular weight excluding hydrogens is 408 g/mol. The molecule has 8 nitrogen and oxygen atoms in total. The number of amides is 1. The predicted molar refractivity (Wildman–Crippen MR) is 123 cm³/mol. The lowest BCUT2D eigenvalue weighted by atomic mass is 10.0. The molecular formula is C24H26N4O4. The molecule has 0 bridgehead atoms. The number of aryl methyl sites for hydroxylation is 2. The van der Waals surface area contributed by atoms with Crippen molar-refractivity contribution in [2.24, 2.45) is 13.0 Å². The van der Waals surface area contributed by atoms with Crippen molar-refractivity contribution in [2.75, 3.05) is 0 Å². The summed E-state index contributed by atoms with van der Waals surface area (Å²) < 4.78 is 8.18. The maximum absolute atomic E-state index is 12.8. The van der Waals surface area contributed by atoms with E-state index >= 15 is 0 Å². The average Bonchev–Trinajstić information content (AvgIpc) is 3.09. The van der Waals surface area contributed by atoms with Gasteiger partial charge in [-0.15, -0.1) is 0 Å². The molecule has 1 N–H and O–H groups in total. The summed E-state index contributed by atoms with van der Waals surface area (Å²) in [6.45, 7) is 4.32. The van der Waals surface area contributed by atoms with Gasteiger partial charge >= 0.3 is 5.76 Å². The van der Waals surface area contributed by atoms with Gasteiger partial charge in [0.1, 0.15) is 0 Å². The van der Waals surface area contributed by atoms with E-state index < -0.39 is 5.76 Å². The molecule has 0 saturated heterocycles. The van der Waals surface area contributed by atoms with Crippen LogP contribution in [0.3, 0.4) is 0 Å². The van der Waals surface area contributed by atoms with Crippen LogP contribution in [0.4, 0.5) is 0 Å². The van der Waals surface area contributed by atoms with E-state index in [0.29, 0.717) is 35.1 Å². The van der Waals surface area contributed by atoms with Crippen molar-refractivity contribution in [1.82, 2.24) is 19.7 Å². The number of rotatable bonds is 7. The predicted octanol–water partition coefficient (Wildman–Crippen LogP) is 2.62. The number of para-hydroxylation sites is 2. The SMILES string of the molecule is CC(C)[C@H](Cn1c(=O)oc2ccccc21)NC(=O)CCc1nn(C)c(=O)c2ccccc12. The monoisotopic (exact) mass is 434 g/mol. The highest BCUT2D eigenvalue weighted by Crippen LogP contribution is 2.16. The highest BCUT2D eigenvalue weighted by molar-refractivity contribution is 5.84. The lowest BCUT2D eigenvalue weighted by Gasteiger charge is -2.22. The van der Waals surface area contributed by atoms with Gasteiger partial charge < -0.3 is 9.73 Å². The Labute approximate surface area is 184 Å². The van der Waals surface area contributed by atoms with Crippen LogP contribution in [-0.4, -0.2) is 26.3 Å². The number of aromatic nitrogens is 3. The van der Waals surface area contributed by atoms with Gasteiger partial charge in [-0.25, -0.2) is 9.48 Å². The molecule has 0 unspecified atom stereocenters. The Kier molecular flexibility index (Phi) is 5.94. The van der Waals surface area contributed by atoms with Crippen molar-refractivity contribution in [2.45, 2.75) is 39.3 Å². The van der Waals surface area contributed by atoms with Gasteiger partial charge in [-0.2, -0.15) is 5.10 Å². The number of fused-ring (bicyclic) bond motifs is 2. The molecule has 2 aromatic carbocycles. The second kappa shape index (κ2) is 8.82. The van der Waals surface area contributed by atoms with Crippen molar-refractivity contribution >= 4 is 27.8 Å². The van der Waals surface area contributed by atoms with Crippen molar-refractivity contribution < 1.29 is 9.21 Å². The first kappa shape index (κ1) is 21.5. The molecule has 1 atom stereocenters.